The second kappa shape index (κ2) is 9.52. The molecule has 0 aromatic heterocycles. The molecule has 0 saturated carbocycles. The highest BCUT2D eigenvalue weighted by molar-refractivity contribution is 7.98. The lowest BCUT2D eigenvalue weighted by atomic mass is 9.87. The predicted molar refractivity (Wildman–Crippen MR) is 106 cm³/mol. The van der Waals surface area contributed by atoms with Crippen LogP contribution in [0.1, 0.15) is 31.9 Å². The van der Waals surface area contributed by atoms with Crippen LogP contribution in [0.5, 0.6) is 5.75 Å². The highest BCUT2D eigenvalue weighted by atomic mass is 32.2. The van der Waals surface area contributed by atoms with Crippen molar-refractivity contribution in [3.05, 3.63) is 65.7 Å². The number of carbonyl (C=O) groups is 1. The molecule has 0 atom stereocenters. The molecule has 0 fully saturated rings. The van der Waals surface area contributed by atoms with Gasteiger partial charge in [-0.2, -0.15) is 11.8 Å². The van der Waals surface area contributed by atoms with E-state index in [9.17, 15) is 4.79 Å². The first kappa shape index (κ1) is 19.4. The van der Waals surface area contributed by atoms with Gasteiger partial charge in [0.25, 0.3) is 5.91 Å². The molecule has 0 aliphatic rings. The summed E-state index contributed by atoms with van der Waals surface area (Å²) in [5.41, 5.74) is 2.67. The van der Waals surface area contributed by atoms with Gasteiger partial charge in [-0.3, -0.25) is 4.79 Å². The van der Waals surface area contributed by atoms with Crippen LogP contribution in [0.15, 0.2) is 54.6 Å². The smallest absolute Gasteiger partial charge is 0.257 e. The summed E-state index contributed by atoms with van der Waals surface area (Å²) in [6, 6.07) is 18.3. The van der Waals surface area contributed by atoms with Crippen LogP contribution in [0.2, 0.25) is 0 Å². The normalized spacial score (nSPS) is 11.2. The Morgan fingerprint density at radius 2 is 1.72 bits per heavy atom. The second-order valence-corrected chi connectivity index (χ2v) is 8.06. The van der Waals surface area contributed by atoms with Crippen LogP contribution >= 0.6 is 11.8 Å². The van der Waals surface area contributed by atoms with E-state index in [1.165, 1.54) is 11.1 Å². The van der Waals surface area contributed by atoms with Crippen LogP contribution in [-0.2, 0) is 16.0 Å². The first-order valence-electron chi connectivity index (χ1n) is 8.57. The highest BCUT2D eigenvalue weighted by Gasteiger charge is 2.13. The molecule has 3 nitrogen and oxygen atoms in total. The van der Waals surface area contributed by atoms with Crippen molar-refractivity contribution in [2.75, 3.05) is 18.9 Å². The first-order chi connectivity index (χ1) is 11.9. The number of hydrogen-bond donors (Lipinski definition) is 1. The van der Waals surface area contributed by atoms with Crippen molar-refractivity contribution in [1.29, 1.82) is 0 Å². The average molecular weight is 358 g/mol. The van der Waals surface area contributed by atoms with Gasteiger partial charge in [-0.05, 0) is 28.7 Å². The van der Waals surface area contributed by atoms with E-state index in [0.29, 0.717) is 6.54 Å². The summed E-state index contributed by atoms with van der Waals surface area (Å²) in [6.45, 7) is 7.23. The summed E-state index contributed by atoms with van der Waals surface area (Å²) in [6.07, 6.45) is 0. The maximum absolute atomic E-state index is 11.8. The van der Waals surface area contributed by atoms with E-state index in [-0.39, 0.29) is 17.9 Å². The number of thioether (sulfide) groups is 1. The average Bonchev–Trinajstić information content (AvgIpc) is 2.60. The Bertz CT molecular complexity index is 648. The number of rotatable bonds is 8. The molecule has 0 heterocycles. The molecule has 0 bridgehead atoms. The Hall–Kier alpha value is -1.94. The maximum atomic E-state index is 11.8. The third-order valence-corrected chi connectivity index (χ3v) is 4.80. The van der Waals surface area contributed by atoms with E-state index in [1.807, 2.05) is 54.2 Å². The monoisotopic (exact) mass is 357 g/mol. The van der Waals surface area contributed by atoms with E-state index < -0.39 is 0 Å². The fourth-order valence-corrected chi connectivity index (χ4v) is 3.10. The summed E-state index contributed by atoms with van der Waals surface area (Å²) in [7, 11) is 0. The van der Waals surface area contributed by atoms with Gasteiger partial charge in [0.1, 0.15) is 5.75 Å². The Kier molecular flexibility index (Phi) is 7.38. The minimum Gasteiger partial charge on any atom is -0.484 e. The van der Waals surface area contributed by atoms with Crippen molar-refractivity contribution in [3.8, 4) is 5.75 Å². The van der Waals surface area contributed by atoms with Crippen molar-refractivity contribution in [2.45, 2.75) is 31.9 Å². The summed E-state index contributed by atoms with van der Waals surface area (Å²) >= 11 is 1.81. The standard InChI is InChI=1S/C21H27NO2S/c1-21(2,3)18-9-11-19(12-10-18)24-15-20(23)22-13-14-25-16-17-7-5-4-6-8-17/h4-12H,13-16H2,1-3H3,(H,22,23). The fourth-order valence-electron chi connectivity index (χ4n) is 2.28. The van der Waals surface area contributed by atoms with Crippen molar-refractivity contribution in [2.24, 2.45) is 0 Å². The van der Waals surface area contributed by atoms with E-state index in [1.54, 1.807) is 0 Å². The lowest BCUT2D eigenvalue weighted by Gasteiger charge is -2.19. The topological polar surface area (TPSA) is 38.3 Å². The highest BCUT2D eigenvalue weighted by Crippen LogP contribution is 2.24. The Labute approximate surface area is 155 Å². The van der Waals surface area contributed by atoms with E-state index >= 15 is 0 Å². The molecule has 2 aromatic carbocycles. The third kappa shape index (κ3) is 7.22. The van der Waals surface area contributed by atoms with Gasteiger partial charge in [-0.15, -0.1) is 0 Å². The van der Waals surface area contributed by atoms with Gasteiger partial charge in [0.05, 0.1) is 0 Å². The van der Waals surface area contributed by atoms with Crippen molar-refractivity contribution >= 4 is 17.7 Å². The maximum Gasteiger partial charge on any atom is 0.257 e. The van der Waals surface area contributed by atoms with Gasteiger partial charge >= 0.3 is 0 Å². The molecular weight excluding hydrogens is 330 g/mol. The first-order valence-corrected chi connectivity index (χ1v) is 9.72. The molecule has 1 N–H and O–H groups in total. The SMILES string of the molecule is CC(C)(C)c1ccc(OCC(=O)NCCSCc2ccccc2)cc1. The number of hydrogen-bond acceptors (Lipinski definition) is 3. The third-order valence-electron chi connectivity index (χ3n) is 3.77. The van der Waals surface area contributed by atoms with Gasteiger partial charge in [0, 0.05) is 18.1 Å². The Balaban J connectivity index is 1.61. The molecule has 1 amide bonds. The van der Waals surface area contributed by atoms with Crippen LogP contribution < -0.4 is 10.1 Å². The fraction of sp³-hybridized carbons (Fsp3) is 0.381. The van der Waals surface area contributed by atoms with E-state index in [4.69, 9.17) is 4.74 Å². The largest absolute Gasteiger partial charge is 0.484 e. The van der Waals surface area contributed by atoms with Crippen LogP contribution in [0.4, 0.5) is 0 Å². The number of ether oxygens (including phenoxy) is 1. The Morgan fingerprint density at radius 1 is 1.04 bits per heavy atom. The molecule has 0 unspecified atom stereocenters. The van der Waals surface area contributed by atoms with Crippen LogP contribution in [0.3, 0.4) is 0 Å². The number of amides is 1. The molecule has 0 radical (unpaired) electrons. The molecule has 2 rings (SSSR count). The van der Waals surface area contributed by atoms with Gasteiger partial charge in [-0.25, -0.2) is 0 Å². The van der Waals surface area contributed by atoms with E-state index in [0.717, 1.165) is 17.3 Å². The zero-order valence-corrected chi connectivity index (χ0v) is 16.1. The van der Waals surface area contributed by atoms with Crippen LogP contribution in [0.25, 0.3) is 0 Å². The van der Waals surface area contributed by atoms with Crippen molar-refractivity contribution < 1.29 is 9.53 Å². The van der Waals surface area contributed by atoms with Crippen LogP contribution in [-0.4, -0.2) is 24.8 Å². The quantitative estimate of drug-likeness (QED) is 0.711. The molecule has 0 aliphatic heterocycles. The van der Waals surface area contributed by atoms with Crippen LogP contribution in [0, 0.1) is 0 Å². The molecule has 25 heavy (non-hydrogen) atoms. The molecule has 0 aliphatic carbocycles. The van der Waals surface area contributed by atoms with Gasteiger partial charge < -0.3 is 10.1 Å². The van der Waals surface area contributed by atoms with E-state index in [2.05, 4.69) is 38.2 Å². The number of benzene rings is 2. The van der Waals surface area contributed by atoms with Crippen molar-refractivity contribution in [3.63, 3.8) is 0 Å². The number of nitrogens with one attached hydrogen (secondary N) is 1. The number of carbonyl (C=O) groups excluding carboxylic acids is 1. The molecular formula is C21H27NO2S. The predicted octanol–water partition coefficient (Wildman–Crippen LogP) is 4.41. The Morgan fingerprint density at radius 3 is 2.36 bits per heavy atom. The summed E-state index contributed by atoms with van der Waals surface area (Å²) < 4.78 is 5.54. The lowest BCUT2D eigenvalue weighted by molar-refractivity contribution is -0.122. The molecule has 2 aromatic rings. The lowest BCUT2D eigenvalue weighted by Crippen LogP contribution is -2.30. The second-order valence-electron chi connectivity index (χ2n) is 6.95. The summed E-state index contributed by atoms with van der Waals surface area (Å²) in [5, 5.41) is 2.89. The summed E-state index contributed by atoms with van der Waals surface area (Å²) in [4.78, 5) is 11.8. The minimum atomic E-state index is -0.0831. The zero-order chi connectivity index (χ0) is 18.1. The van der Waals surface area contributed by atoms with Crippen molar-refractivity contribution in [1.82, 2.24) is 5.32 Å². The van der Waals surface area contributed by atoms with Gasteiger partial charge in [0.15, 0.2) is 6.61 Å². The van der Waals surface area contributed by atoms with Gasteiger partial charge in [0.2, 0.25) is 0 Å². The minimum absolute atomic E-state index is 0.0538. The molecule has 0 saturated heterocycles. The molecule has 4 heteroatoms. The zero-order valence-electron chi connectivity index (χ0n) is 15.2. The molecule has 0 spiro atoms. The molecule has 134 valence electrons. The van der Waals surface area contributed by atoms with Gasteiger partial charge in [-0.1, -0.05) is 63.2 Å². The summed E-state index contributed by atoms with van der Waals surface area (Å²) in [5.74, 6) is 2.50.